The first-order chi connectivity index (χ1) is 16.8. The first-order valence-corrected chi connectivity index (χ1v) is 11.7. The lowest BCUT2D eigenvalue weighted by Crippen LogP contribution is -2.33. The number of carbonyl (C=O) groups excluding carboxylic acids is 1. The van der Waals surface area contributed by atoms with Gasteiger partial charge in [0.25, 0.3) is 0 Å². The first kappa shape index (κ1) is 22.9. The Hall–Kier alpha value is -3.91. The van der Waals surface area contributed by atoms with Gasteiger partial charge in [-0.2, -0.15) is 0 Å². The lowest BCUT2D eigenvalue weighted by atomic mass is 9.77. The SMILES string of the molecule is CN(C)c1ccc2c(c1)Oc1cc(N(C)C)ccc1C21OC(=O)c2c1ccc(NCCCN)c2N. The molecular formula is C27H31N5O3. The third kappa shape index (κ3) is 3.44. The van der Waals surface area contributed by atoms with Crippen LogP contribution >= 0.6 is 0 Å². The van der Waals surface area contributed by atoms with Crippen molar-refractivity contribution in [1.82, 2.24) is 0 Å². The molecule has 182 valence electrons. The van der Waals surface area contributed by atoms with Gasteiger partial charge >= 0.3 is 5.97 Å². The van der Waals surface area contributed by atoms with Gasteiger partial charge in [0.1, 0.15) is 11.5 Å². The lowest BCUT2D eigenvalue weighted by molar-refractivity contribution is 0.0225. The second kappa shape index (κ2) is 8.39. The summed E-state index contributed by atoms with van der Waals surface area (Å²) in [6.45, 7) is 1.24. The first-order valence-electron chi connectivity index (χ1n) is 11.7. The molecule has 3 aromatic carbocycles. The van der Waals surface area contributed by atoms with Crippen molar-refractivity contribution in [3.63, 3.8) is 0 Å². The van der Waals surface area contributed by atoms with E-state index in [1.165, 1.54) is 0 Å². The molecule has 0 radical (unpaired) electrons. The van der Waals surface area contributed by atoms with Crippen molar-refractivity contribution in [2.24, 2.45) is 5.73 Å². The fourth-order valence-electron chi connectivity index (χ4n) is 4.85. The molecule has 2 heterocycles. The molecule has 0 unspecified atom stereocenters. The maximum Gasteiger partial charge on any atom is 0.342 e. The van der Waals surface area contributed by atoms with Gasteiger partial charge in [-0.1, -0.05) is 6.07 Å². The predicted molar refractivity (Wildman–Crippen MR) is 140 cm³/mol. The van der Waals surface area contributed by atoms with E-state index >= 15 is 0 Å². The summed E-state index contributed by atoms with van der Waals surface area (Å²) in [6.07, 6.45) is 0.797. The van der Waals surface area contributed by atoms with Crippen molar-refractivity contribution < 1.29 is 14.3 Å². The van der Waals surface area contributed by atoms with Crippen LogP contribution in [0.3, 0.4) is 0 Å². The summed E-state index contributed by atoms with van der Waals surface area (Å²) in [7, 11) is 7.90. The number of ether oxygens (including phenoxy) is 2. The van der Waals surface area contributed by atoms with E-state index in [9.17, 15) is 4.79 Å². The molecular weight excluding hydrogens is 442 g/mol. The second-order valence-corrected chi connectivity index (χ2v) is 9.34. The Balaban J connectivity index is 1.75. The van der Waals surface area contributed by atoms with Gasteiger partial charge < -0.3 is 36.1 Å². The maximum atomic E-state index is 13.4. The average molecular weight is 474 g/mol. The average Bonchev–Trinajstić information content (AvgIpc) is 3.13. The Bertz CT molecular complexity index is 1260. The highest BCUT2D eigenvalue weighted by Gasteiger charge is 2.54. The number of carbonyl (C=O) groups is 1. The van der Waals surface area contributed by atoms with Gasteiger partial charge in [-0.05, 0) is 43.3 Å². The van der Waals surface area contributed by atoms with Crippen molar-refractivity contribution in [3.05, 3.63) is 70.8 Å². The Morgan fingerprint density at radius 3 is 2.00 bits per heavy atom. The number of nitrogens with one attached hydrogen (secondary N) is 1. The summed E-state index contributed by atoms with van der Waals surface area (Å²) in [5, 5.41) is 3.29. The summed E-state index contributed by atoms with van der Waals surface area (Å²) < 4.78 is 12.7. The molecule has 2 aliphatic heterocycles. The Kier molecular flexibility index (Phi) is 5.48. The normalized spacial score (nSPS) is 14.5. The predicted octanol–water partition coefficient (Wildman–Crippen LogP) is 3.73. The van der Waals surface area contributed by atoms with E-state index in [0.29, 0.717) is 47.1 Å². The molecule has 35 heavy (non-hydrogen) atoms. The van der Waals surface area contributed by atoms with Crippen molar-refractivity contribution in [1.29, 1.82) is 0 Å². The number of nitrogens with two attached hydrogens (primary N) is 2. The molecule has 0 amide bonds. The minimum Gasteiger partial charge on any atom is -0.456 e. The number of benzene rings is 3. The number of fused-ring (bicyclic) bond motifs is 6. The molecule has 3 aromatic rings. The fraction of sp³-hybridized carbons (Fsp3) is 0.296. The van der Waals surface area contributed by atoms with Gasteiger partial charge in [0.05, 0.1) is 16.9 Å². The zero-order valence-corrected chi connectivity index (χ0v) is 20.5. The van der Waals surface area contributed by atoms with E-state index < -0.39 is 11.6 Å². The third-order valence-electron chi connectivity index (χ3n) is 6.71. The molecule has 1 spiro atoms. The molecule has 0 bridgehead atoms. The Labute approximate surface area is 205 Å². The number of nitrogen functional groups attached to an aromatic ring is 1. The molecule has 8 nitrogen and oxygen atoms in total. The summed E-state index contributed by atoms with van der Waals surface area (Å²) in [5.74, 6) is 0.833. The van der Waals surface area contributed by atoms with Gasteiger partial charge in [-0.25, -0.2) is 4.79 Å². The van der Waals surface area contributed by atoms with Crippen molar-refractivity contribution in [2.45, 2.75) is 12.0 Å². The van der Waals surface area contributed by atoms with Gasteiger partial charge in [-0.3, -0.25) is 0 Å². The molecule has 5 N–H and O–H groups in total. The lowest BCUT2D eigenvalue weighted by Gasteiger charge is -2.37. The number of anilines is 4. The maximum absolute atomic E-state index is 13.4. The van der Waals surface area contributed by atoms with Gasteiger partial charge in [-0.15, -0.1) is 0 Å². The molecule has 8 heteroatoms. The van der Waals surface area contributed by atoms with Gasteiger partial charge in [0.2, 0.25) is 0 Å². The van der Waals surface area contributed by atoms with Crippen molar-refractivity contribution >= 4 is 28.7 Å². The molecule has 0 saturated heterocycles. The Morgan fingerprint density at radius 1 is 0.886 bits per heavy atom. The zero-order chi connectivity index (χ0) is 24.9. The van der Waals surface area contributed by atoms with Crippen LogP contribution in [0.2, 0.25) is 0 Å². The third-order valence-corrected chi connectivity index (χ3v) is 6.71. The van der Waals surface area contributed by atoms with Gasteiger partial charge in [0.15, 0.2) is 5.60 Å². The number of nitrogens with zero attached hydrogens (tertiary/aromatic N) is 2. The van der Waals surface area contributed by atoms with Gasteiger partial charge in [0, 0.05) is 74.9 Å². The summed E-state index contributed by atoms with van der Waals surface area (Å²) in [5.41, 5.74) is 16.7. The number of esters is 1. The van der Waals surface area contributed by atoms with E-state index in [-0.39, 0.29) is 0 Å². The molecule has 5 rings (SSSR count). The van der Waals surface area contributed by atoms with E-state index in [1.807, 2.05) is 86.5 Å². The standard InChI is InChI=1S/C27H31N5O3/c1-31(2)16-6-8-18-22(14-16)34-23-15-17(32(3)4)7-9-19(23)27(18)20-10-11-21(30-13-5-12-28)25(29)24(20)26(33)35-27/h6-11,14-15,30H,5,12-13,28-29H2,1-4H3. The summed E-state index contributed by atoms with van der Waals surface area (Å²) in [6, 6.07) is 15.7. The largest absolute Gasteiger partial charge is 0.456 e. The molecule has 0 atom stereocenters. The molecule has 0 aliphatic carbocycles. The van der Waals surface area contributed by atoms with Crippen LogP contribution in [0.25, 0.3) is 0 Å². The number of hydrogen-bond acceptors (Lipinski definition) is 8. The van der Waals surface area contributed by atoms with Crippen LogP contribution < -0.4 is 31.3 Å². The van der Waals surface area contributed by atoms with Crippen LogP contribution in [0.5, 0.6) is 11.5 Å². The minimum absolute atomic E-state index is 0.380. The van der Waals surface area contributed by atoms with E-state index in [4.69, 9.17) is 20.9 Å². The Morgan fingerprint density at radius 2 is 1.46 bits per heavy atom. The summed E-state index contributed by atoms with van der Waals surface area (Å²) >= 11 is 0. The van der Waals surface area contributed by atoms with Crippen LogP contribution in [-0.4, -0.2) is 47.2 Å². The van der Waals surface area contributed by atoms with E-state index in [1.54, 1.807) is 0 Å². The van der Waals surface area contributed by atoms with E-state index in [0.717, 1.165) is 28.9 Å². The molecule has 2 aliphatic rings. The highest BCUT2D eigenvalue weighted by atomic mass is 16.6. The summed E-state index contributed by atoms with van der Waals surface area (Å²) in [4.78, 5) is 17.4. The fourth-order valence-corrected chi connectivity index (χ4v) is 4.85. The topological polar surface area (TPSA) is 106 Å². The van der Waals surface area contributed by atoms with Crippen molar-refractivity contribution in [2.75, 3.05) is 62.1 Å². The zero-order valence-electron chi connectivity index (χ0n) is 20.5. The monoisotopic (exact) mass is 473 g/mol. The van der Waals surface area contributed by atoms with Crippen LogP contribution in [0, 0.1) is 0 Å². The molecule has 0 saturated carbocycles. The highest BCUT2D eigenvalue weighted by molar-refractivity contribution is 6.04. The molecule has 0 fully saturated rings. The number of hydrogen-bond donors (Lipinski definition) is 3. The highest BCUT2D eigenvalue weighted by Crippen LogP contribution is 2.58. The van der Waals surface area contributed by atoms with E-state index in [2.05, 4.69) is 5.32 Å². The minimum atomic E-state index is -1.16. The smallest absolute Gasteiger partial charge is 0.342 e. The number of rotatable bonds is 6. The quantitative estimate of drug-likeness (QED) is 0.283. The van der Waals surface area contributed by atoms with Crippen LogP contribution in [0.4, 0.5) is 22.7 Å². The van der Waals surface area contributed by atoms with Crippen molar-refractivity contribution in [3.8, 4) is 11.5 Å². The van der Waals surface area contributed by atoms with Crippen LogP contribution in [-0.2, 0) is 10.3 Å². The van der Waals surface area contributed by atoms with Crippen LogP contribution in [0.15, 0.2) is 48.5 Å². The van der Waals surface area contributed by atoms with Crippen LogP contribution in [0.1, 0.15) is 33.5 Å². The molecule has 0 aromatic heterocycles. The second-order valence-electron chi connectivity index (χ2n) is 9.34.